The van der Waals surface area contributed by atoms with Gasteiger partial charge in [0, 0.05) is 5.57 Å². The topological polar surface area (TPSA) is 106 Å². The van der Waals surface area contributed by atoms with E-state index >= 15 is 0 Å². The summed E-state index contributed by atoms with van der Waals surface area (Å²) in [6.45, 7) is 6.37. The standard InChI is InChI=1S/C18H17F3O4S.C2H6.H2O/c1-8-9(2)14(20)15(21)12(13(8)19)17(23)18-16(22)10-6-4-3-5-7-11(10)26(18,24)25;1-2;/h4-7,16-18,22-23H,3H2,1-2H3;1-2H3;1H2. The molecule has 3 rings (SSSR count). The smallest absolute Gasteiger partial charge is 0.187 e. The fourth-order valence-corrected chi connectivity index (χ4v) is 5.36. The molecule has 0 radical (unpaired) electrons. The van der Waals surface area contributed by atoms with Crippen LogP contribution in [-0.4, -0.2) is 35.5 Å². The van der Waals surface area contributed by atoms with E-state index in [1.807, 2.05) is 13.8 Å². The maximum absolute atomic E-state index is 14.5. The predicted octanol–water partition coefficient (Wildman–Crippen LogP) is 2.88. The molecule has 0 bridgehead atoms. The zero-order valence-electron chi connectivity index (χ0n) is 16.5. The van der Waals surface area contributed by atoms with Gasteiger partial charge >= 0.3 is 0 Å². The molecule has 0 aromatic heterocycles. The fraction of sp³-hybridized carbons (Fsp3) is 0.400. The molecule has 0 amide bonds. The van der Waals surface area contributed by atoms with E-state index in [1.54, 1.807) is 12.2 Å². The Bertz CT molecular complexity index is 951. The molecular formula is C20H25F3O5S. The molecule has 0 saturated carbocycles. The molecule has 29 heavy (non-hydrogen) atoms. The first-order valence-corrected chi connectivity index (χ1v) is 10.5. The van der Waals surface area contributed by atoms with Gasteiger partial charge in [0.05, 0.1) is 10.5 Å². The van der Waals surface area contributed by atoms with Gasteiger partial charge in [-0.1, -0.05) is 32.1 Å². The van der Waals surface area contributed by atoms with Crippen LogP contribution in [-0.2, 0) is 9.84 Å². The lowest BCUT2D eigenvalue weighted by molar-refractivity contribution is 0.102. The summed E-state index contributed by atoms with van der Waals surface area (Å²) in [5.41, 5.74) is -1.57. The third kappa shape index (κ3) is 3.92. The van der Waals surface area contributed by atoms with E-state index in [-0.39, 0.29) is 27.1 Å². The number of allylic oxidation sites excluding steroid dienone is 3. The quantitative estimate of drug-likeness (QED) is 0.698. The Morgan fingerprint density at radius 1 is 1.00 bits per heavy atom. The summed E-state index contributed by atoms with van der Waals surface area (Å²) in [6.07, 6.45) is 2.32. The van der Waals surface area contributed by atoms with Crippen LogP contribution in [0.2, 0.25) is 0 Å². The highest BCUT2D eigenvalue weighted by Gasteiger charge is 2.50. The minimum Gasteiger partial charge on any atom is -0.412 e. The van der Waals surface area contributed by atoms with E-state index in [1.165, 1.54) is 26.0 Å². The van der Waals surface area contributed by atoms with Crippen molar-refractivity contribution in [3.8, 4) is 0 Å². The Morgan fingerprint density at radius 3 is 2.10 bits per heavy atom. The Hall–Kier alpha value is -1.94. The van der Waals surface area contributed by atoms with E-state index in [9.17, 15) is 31.8 Å². The highest BCUT2D eigenvalue weighted by atomic mass is 32.2. The number of benzene rings is 1. The molecule has 1 heterocycles. The van der Waals surface area contributed by atoms with Crippen LogP contribution < -0.4 is 0 Å². The fourth-order valence-electron chi connectivity index (χ4n) is 3.30. The average Bonchev–Trinajstić information content (AvgIpc) is 2.85. The summed E-state index contributed by atoms with van der Waals surface area (Å²) in [4.78, 5) is -0.215. The van der Waals surface area contributed by atoms with Gasteiger partial charge in [0.25, 0.3) is 0 Å². The largest absolute Gasteiger partial charge is 0.412 e. The Balaban J connectivity index is 0.00000136. The first-order valence-electron chi connectivity index (χ1n) is 8.91. The second-order valence-corrected chi connectivity index (χ2v) is 8.44. The summed E-state index contributed by atoms with van der Waals surface area (Å²) in [5, 5.41) is 19.0. The predicted molar refractivity (Wildman–Crippen MR) is 104 cm³/mol. The van der Waals surface area contributed by atoms with E-state index in [4.69, 9.17) is 0 Å². The summed E-state index contributed by atoms with van der Waals surface area (Å²) in [7, 11) is -4.29. The van der Waals surface area contributed by atoms with Crippen molar-refractivity contribution < 1.29 is 37.3 Å². The Kier molecular flexibility index (Phi) is 8.01. The van der Waals surface area contributed by atoms with Crippen molar-refractivity contribution in [3.05, 3.63) is 68.9 Å². The maximum Gasteiger partial charge on any atom is 0.187 e. The van der Waals surface area contributed by atoms with Crippen molar-refractivity contribution in [3.63, 3.8) is 0 Å². The maximum atomic E-state index is 14.5. The highest BCUT2D eigenvalue weighted by Crippen LogP contribution is 2.42. The molecule has 0 spiro atoms. The van der Waals surface area contributed by atoms with Crippen LogP contribution in [0.3, 0.4) is 0 Å². The van der Waals surface area contributed by atoms with Gasteiger partial charge in [0.1, 0.15) is 23.3 Å². The van der Waals surface area contributed by atoms with Gasteiger partial charge in [-0.3, -0.25) is 0 Å². The van der Waals surface area contributed by atoms with E-state index in [2.05, 4.69) is 0 Å². The molecule has 1 aromatic rings. The SMILES string of the molecule is CC.Cc1c(C)c(F)c(C(O)C2C(O)C3=C(C=CCC=C3)S2(=O)=O)c(F)c1F.O. The number of rotatable bonds is 2. The van der Waals surface area contributed by atoms with Crippen LogP contribution in [0, 0.1) is 31.3 Å². The van der Waals surface area contributed by atoms with Crippen LogP contribution in [0.1, 0.15) is 43.1 Å². The highest BCUT2D eigenvalue weighted by molar-refractivity contribution is 7.96. The van der Waals surface area contributed by atoms with Crippen molar-refractivity contribution in [2.75, 3.05) is 0 Å². The van der Waals surface area contributed by atoms with Crippen LogP contribution >= 0.6 is 0 Å². The zero-order chi connectivity index (χ0) is 21.4. The van der Waals surface area contributed by atoms with Crippen molar-refractivity contribution in [1.29, 1.82) is 0 Å². The van der Waals surface area contributed by atoms with Gasteiger partial charge in [-0.05, 0) is 37.5 Å². The molecule has 1 aromatic carbocycles. The van der Waals surface area contributed by atoms with Gasteiger partial charge in [0.15, 0.2) is 21.5 Å². The number of aliphatic hydroxyl groups is 2. The molecular weight excluding hydrogens is 409 g/mol. The third-order valence-corrected chi connectivity index (χ3v) is 7.13. The van der Waals surface area contributed by atoms with Crippen LogP contribution in [0.15, 0.2) is 34.8 Å². The molecule has 1 aliphatic carbocycles. The monoisotopic (exact) mass is 434 g/mol. The van der Waals surface area contributed by atoms with Crippen molar-refractivity contribution >= 4 is 9.84 Å². The molecule has 1 aliphatic heterocycles. The van der Waals surface area contributed by atoms with Gasteiger partial charge in [-0.25, -0.2) is 21.6 Å². The minimum absolute atomic E-state index is 0. The van der Waals surface area contributed by atoms with Crippen molar-refractivity contribution in [2.45, 2.75) is 51.6 Å². The Morgan fingerprint density at radius 2 is 1.52 bits per heavy atom. The van der Waals surface area contributed by atoms with Crippen molar-refractivity contribution in [1.82, 2.24) is 0 Å². The van der Waals surface area contributed by atoms with Gasteiger partial charge < -0.3 is 15.7 Å². The molecule has 162 valence electrons. The first-order chi connectivity index (χ1) is 13.1. The van der Waals surface area contributed by atoms with Gasteiger partial charge in [-0.15, -0.1) is 0 Å². The number of sulfone groups is 1. The lowest BCUT2D eigenvalue weighted by Crippen LogP contribution is -2.36. The molecule has 3 unspecified atom stereocenters. The van der Waals surface area contributed by atoms with E-state index in [0.29, 0.717) is 6.42 Å². The Labute approximate surface area is 168 Å². The number of hydrogen-bond acceptors (Lipinski definition) is 4. The molecule has 4 N–H and O–H groups in total. The molecule has 3 atom stereocenters. The summed E-state index contributed by atoms with van der Waals surface area (Å²) < 4.78 is 68.4. The number of aliphatic hydroxyl groups excluding tert-OH is 2. The second kappa shape index (κ2) is 9.25. The number of hydrogen-bond donors (Lipinski definition) is 2. The summed E-state index contributed by atoms with van der Waals surface area (Å²) in [6, 6.07) is 0. The van der Waals surface area contributed by atoms with E-state index in [0.717, 1.165) is 0 Å². The summed E-state index contributed by atoms with van der Waals surface area (Å²) >= 11 is 0. The molecule has 0 saturated heterocycles. The number of halogens is 3. The molecule has 0 fully saturated rings. The van der Waals surface area contributed by atoms with Gasteiger partial charge in [-0.2, -0.15) is 0 Å². The van der Waals surface area contributed by atoms with Crippen LogP contribution in [0.25, 0.3) is 0 Å². The first kappa shape index (κ1) is 25.1. The van der Waals surface area contributed by atoms with Crippen LogP contribution in [0.5, 0.6) is 0 Å². The molecule has 9 heteroatoms. The van der Waals surface area contributed by atoms with Crippen LogP contribution in [0.4, 0.5) is 13.2 Å². The normalized spacial score (nSPS) is 22.9. The molecule has 5 nitrogen and oxygen atoms in total. The van der Waals surface area contributed by atoms with Crippen molar-refractivity contribution in [2.24, 2.45) is 0 Å². The average molecular weight is 434 g/mol. The lowest BCUT2D eigenvalue weighted by atomic mass is 9.94. The molecule has 2 aliphatic rings. The van der Waals surface area contributed by atoms with Gasteiger partial charge in [0.2, 0.25) is 0 Å². The summed E-state index contributed by atoms with van der Waals surface area (Å²) in [5.74, 6) is -4.25. The minimum atomic E-state index is -4.29. The van der Waals surface area contributed by atoms with E-state index < -0.39 is 50.3 Å². The third-order valence-electron chi connectivity index (χ3n) is 4.91. The lowest BCUT2D eigenvalue weighted by Gasteiger charge is -2.24. The second-order valence-electron chi connectivity index (χ2n) is 6.36. The zero-order valence-corrected chi connectivity index (χ0v) is 17.3.